The number of fused-ring (bicyclic) bond motifs is 1. The van der Waals surface area contributed by atoms with Gasteiger partial charge in [0.05, 0.1) is 12.2 Å². The van der Waals surface area contributed by atoms with E-state index < -0.39 is 5.82 Å². The second-order valence-corrected chi connectivity index (χ2v) is 8.98. The van der Waals surface area contributed by atoms with Crippen LogP contribution in [0.2, 0.25) is 0 Å². The van der Waals surface area contributed by atoms with E-state index in [9.17, 15) is 18.8 Å². The molecule has 0 bridgehead atoms. The van der Waals surface area contributed by atoms with Gasteiger partial charge in [0.25, 0.3) is 11.8 Å². The highest BCUT2D eigenvalue weighted by Gasteiger charge is 2.29. The van der Waals surface area contributed by atoms with E-state index >= 15 is 0 Å². The molecule has 37 heavy (non-hydrogen) atoms. The van der Waals surface area contributed by atoms with Crippen LogP contribution in [0.3, 0.4) is 0 Å². The molecule has 192 valence electrons. The zero-order valence-electron chi connectivity index (χ0n) is 20.3. The standard InChI is InChI=1S/C27H26FN3O6/c1-29-10-12-30(13-11-29)27(34)25-9-7-21(37-25)15-31-22-14-18(2-8-24(22)36-17-26(31)33)23(32)16-35-20-5-3-19(28)4-6-20/h2-9,14H,10-13,15-17H2,1H3. The molecule has 3 aromatic rings. The predicted molar refractivity (Wildman–Crippen MR) is 131 cm³/mol. The van der Waals surface area contributed by atoms with E-state index in [1.807, 2.05) is 7.05 Å². The number of furan rings is 1. The maximum atomic E-state index is 13.1. The van der Waals surface area contributed by atoms with Crippen molar-refractivity contribution in [2.24, 2.45) is 0 Å². The minimum Gasteiger partial charge on any atom is -0.485 e. The number of carbonyl (C=O) groups excluding carboxylic acids is 3. The van der Waals surface area contributed by atoms with E-state index in [1.54, 1.807) is 35.2 Å². The molecule has 1 saturated heterocycles. The van der Waals surface area contributed by atoms with Crippen LogP contribution in [-0.4, -0.2) is 73.8 Å². The Morgan fingerprint density at radius 1 is 1.00 bits per heavy atom. The van der Waals surface area contributed by atoms with E-state index in [4.69, 9.17) is 13.9 Å². The Bertz CT molecular complexity index is 1310. The topological polar surface area (TPSA) is 92.5 Å². The van der Waals surface area contributed by atoms with E-state index in [-0.39, 0.29) is 43.1 Å². The number of nitrogens with zero attached hydrogens (tertiary/aromatic N) is 3. The van der Waals surface area contributed by atoms with Crippen LogP contribution in [0.25, 0.3) is 0 Å². The Labute approximate surface area is 212 Å². The molecule has 5 rings (SSSR count). The summed E-state index contributed by atoms with van der Waals surface area (Å²) in [6.07, 6.45) is 0. The first-order chi connectivity index (χ1) is 17.9. The molecule has 1 fully saturated rings. The number of halogens is 1. The number of piperazine rings is 1. The Morgan fingerprint density at radius 2 is 1.76 bits per heavy atom. The number of anilines is 1. The summed E-state index contributed by atoms with van der Waals surface area (Å²) in [4.78, 5) is 43.7. The summed E-state index contributed by atoms with van der Waals surface area (Å²) in [5, 5.41) is 0. The summed E-state index contributed by atoms with van der Waals surface area (Å²) in [7, 11) is 2.02. The first kappa shape index (κ1) is 24.5. The highest BCUT2D eigenvalue weighted by Crippen LogP contribution is 2.34. The minimum atomic E-state index is -0.398. The fourth-order valence-electron chi connectivity index (χ4n) is 4.21. The van der Waals surface area contributed by atoms with Crippen molar-refractivity contribution >= 4 is 23.3 Å². The Hall–Kier alpha value is -4.18. The van der Waals surface area contributed by atoms with E-state index in [1.165, 1.54) is 29.2 Å². The molecule has 2 amide bonds. The van der Waals surface area contributed by atoms with Crippen molar-refractivity contribution in [3.05, 3.63) is 77.5 Å². The van der Waals surface area contributed by atoms with Gasteiger partial charge >= 0.3 is 0 Å². The van der Waals surface area contributed by atoms with Gasteiger partial charge in [0.15, 0.2) is 24.8 Å². The summed E-state index contributed by atoms with van der Waals surface area (Å²) >= 11 is 0. The predicted octanol–water partition coefficient (Wildman–Crippen LogP) is 2.99. The lowest BCUT2D eigenvalue weighted by Gasteiger charge is -2.31. The Kier molecular flexibility index (Phi) is 6.91. The van der Waals surface area contributed by atoms with Crippen LogP contribution >= 0.6 is 0 Å². The lowest BCUT2D eigenvalue weighted by molar-refractivity contribution is -0.121. The molecule has 0 radical (unpaired) electrons. The molecule has 2 aliphatic rings. The number of rotatable bonds is 7. The SMILES string of the molecule is CN1CCN(C(=O)c2ccc(CN3C(=O)COc4ccc(C(=O)COc5ccc(F)cc5)cc43)o2)CC1. The van der Waals surface area contributed by atoms with Gasteiger partial charge in [-0.3, -0.25) is 19.3 Å². The number of hydrogen-bond donors (Lipinski definition) is 0. The number of amides is 2. The largest absolute Gasteiger partial charge is 0.485 e. The highest BCUT2D eigenvalue weighted by molar-refractivity contribution is 6.02. The third-order valence-corrected chi connectivity index (χ3v) is 6.38. The number of ketones is 1. The third-order valence-electron chi connectivity index (χ3n) is 6.38. The van der Waals surface area contributed by atoms with Crippen LogP contribution < -0.4 is 14.4 Å². The van der Waals surface area contributed by atoms with Gasteiger partial charge in [-0.2, -0.15) is 0 Å². The zero-order chi connectivity index (χ0) is 25.9. The van der Waals surface area contributed by atoms with Gasteiger partial charge < -0.3 is 23.7 Å². The first-order valence-electron chi connectivity index (χ1n) is 11.9. The normalized spacial score (nSPS) is 15.8. The number of carbonyl (C=O) groups is 3. The van der Waals surface area contributed by atoms with Crippen LogP contribution in [0, 0.1) is 5.82 Å². The van der Waals surface area contributed by atoms with Gasteiger partial charge in [0.2, 0.25) is 0 Å². The number of hydrogen-bond acceptors (Lipinski definition) is 7. The Morgan fingerprint density at radius 3 is 2.51 bits per heavy atom. The van der Waals surface area contributed by atoms with Crippen LogP contribution in [0.1, 0.15) is 26.7 Å². The molecular weight excluding hydrogens is 481 g/mol. The van der Waals surface area contributed by atoms with Gasteiger partial charge in [-0.25, -0.2) is 4.39 Å². The van der Waals surface area contributed by atoms with Crippen LogP contribution in [0.15, 0.2) is 59.0 Å². The molecule has 0 atom stereocenters. The number of Topliss-reactive ketones (excluding diaryl/α,β-unsaturated/α-hetero) is 1. The van der Waals surface area contributed by atoms with Gasteiger partial charge in [-0.15, -0.1) is 0 Å². The van der Waals surface area contributed by atoms with Crippen LogP contribution in [-0.2, 0) is 11.3 Å². The van der Waals surface area contributed by atoms with Crippen molar-refractivity contribution in [2.75, 3.05) is 51.3 Å². The fraction of sp³-hybridized carbons (Fsp3) is 0.296. The van der Waals surface area contributed by atoms with Crippen LogP contribution in [0.4, 0.5) is 10.1 Å². The van der Waals surface area contributed by atoms with E-state index in [0.29, 0.717) is 41.6 Å². The number of ether oxygens (including phenoxy) is 2. The smallest absolute Gasteiger partial charge is 0.289 e. The molecule has 2 aliphatic heterocycles. The molecule has 0 aliphatic carbocycles. The van der Waals surface area contributed by atoms with Gasteiger partial charge in [-0.1, -0.05) is 0 Å². The highest BCUT2D eigenvalue weighted by atomic mass is 19.1. The molecule has 0 spiro atoms. The van der Waals surface area contributed by atoms with Gasteiger partial charge in [0, 0.05) is 31.7 Å². The second-order valence-electron chi connectivity index (χ2n) is 8.98. The molecule has 10 heteroatoms. The average molecular weight is 508 g/mol. The van der Waals surface area contributed by atoms with Gasteiger partial charge in [-0.05, 0) is 61.6 Å². The molecule has 3 heterocycles. The molecule has 0 N–H and O–H groups in total. The molecule has 1 aromatic heterocycles. The van der Waals surface area contributed by atoms with Crippen molar-refractivity contribution in [1.82, 2.24) is 9.80 Å². The number of benzene rings is 2. The maximum absolute atomic E-state index is 13.1. The minimum absolute atomic E-state index is 0.0783. The molecule has 0 unspecified atom stereocenters. The lowest BCUT2D eigenvalue weighted by Crippen LogP contribution is -2.47. The van der Waals surface area contributed by atoms with Crippen LogP contribution in [0.5, 0.6) is 11.5 Å². The van der Waals surface area contributed by atoms with Crippen molar-refractivity contribution in [1.29, 1.82) is 0 Å². The van der Waals surface area contributed by atoms with E-state index in [2.05, 4.69) is 4.90 Å². The summed E-state index contributed by atoms with van der Waals surface area (Å²) in [5.74, 6) is 0.291. The number of likely N-dealkylation sites (N-methyl/N-ethyl adjacent to an activating group) is 1. The van der Waals surface area contributed by atoms with Crippen molar-refractivity contribution in [2.45, 2.75) is 6.54 Å². The molecule has 9 nitrogen and oxygen atoms in total. The average Bonchev–Trinajstić information content (AvgIpc) is 3.38. The second kappa shape index (κ2) is 10.4. The first-order valence-corrected chi connectivity index (χ1v) is 11.9. The Balaban J connectivity index is 1.29. The summed E-state index contributed by atoms with van der Waals surface area (Å²) in [5.41, 5.74) is 0.752. The quantitative estimate of drug-likeness (QED) is 0.454. The van der Waals surface area contributed by atoms with Gasteiger partial charge in [0.1, 0.15) is 23.1 Å². The van der Waals surface area contributed by atoms with Crippen molar-refractivity contribution in [3.8, 4) is 11.5 Å². The molecular formula is C27H26FN3O6. The monoisotopic (exact) mass is 507 g/mol. The summed E-state index contributed by atoms with van der Waals surface area (Å²) in [6, 6.07) is 13.5. The zero-order valence-corrected chi connectivity index (χ0v) is 20.3. The molecule has 0 saturated carbocycles. The lowest BCUT2D eigenvalue weighted by atomic mass is 10.1. The summed E-state index contributed by atoms with van der Waals surface area (Å²) in [6.45, 7) is 2.53. The summed E-state index contributed by atoms with van der Waals surface area (Å²) < 4.78 is 29.9. The third kappa shape index (κ3) is 5.49. The fourth-order valence-corrected chi connectivity index (χ4v) is 4.21. The maximum Gasteiger partial charge on any atom is 0.289 e. The van der Waals surface area contributed by atoms with Crippen molar-refractivity contribution < 1.29 is 32.7 Å². The van der Waals surface area contributed by atoms with E-state index in [0.717, 1.165) is 13.1 Å². The van der Waals surface area contributed by atoms with Crippen molar-refractivity contribution in [3.63, 3.8) is 0 Å². The molecule has 2 aromatic carbocycles.